The van der Waals surface area contributed by atoms with Crippen LogP contribution in [0.5, 0.6) is 5.75 Å². The smallest absolute Gasteiger partial charge is 0.242 e. The van der Waals surface area contributed by atoms with E-state index in [0.717, 1.165) is 12.7 Å². The van der Waals surface area contributed by atoms with Crippen molar-refractivity contribution >= 4 is 27.5 Å². The number of ether oxygens (including phenoxy) is 1. The predicted molar refractivity (Wildman–Crippen MR) is 139 cm³/mol. The van der Waals surface area contributed by atoms with E-state index in [2.05, 4.69) is 5.32 Å². The van der Waals surface area contributed by atoms with Gasteiger partial charge in [-0.2, -0.15) is 0 Å². The molecule has 10 heteroatoms. The second-order valence-electron chi connectivity index (χ2n) is 8.78. The van der Waals surface area contributed by atoms with Crippen LogP contribution in [0.2, 0.25) is 0 Å². The normalized spacial score (nSPS) is 12.9. The Balaban J connectivity index is 2.17. The van der Waals surface area contributed by atoms with Crippen LogP contribution in [-0.4, -0.2) is 57.1 Å². The number of hydrogen-bond donors (Lipinski definition) is 1. The SMILES string of the molecule is CCC(C)NC(=O)C(C)N(Cc1ccc(F)cc1)C(=O)CCCN(c1cccc(OC)c1)S(C)(=O)=O. The number of nitrogens with zero attached hydrogens (tertiary/aromatic N) is 2. The topological polar surface area (TPSA) is 96.0 Å². The Morgan fingerprint density at radius 2 is 1.78 bits per heavy atom. The molecule has 36 heavy (non-hydrogen) atoms. The Kier molecular flexibility index (Phi) is 10.7. The first kappa shape index (κ1) is 29.1. The van der Waals surface area contributed by atoms with E-state index in [4.69, 9.17) is 4.74 Å². The van der Waals surface area contributed by atoms with Gasteiger partial charge in [0, 0.05) is 31.6 Å². The van der Waals surface area contributed by atoms with Gasteiger partial charge in [0.25, 0.3) is 0 Å². The average molecular weight is 522 g/mol. The molecular formula is C26H36FN3O5S. The summed E-state index contributed by atoms with van der Waals surface area (Å²) in [6, 6.07) is 11.6. The van der Waals surface area contributed by atoms with Gasteiger partial charge in [-0.15, -0.1) is 0 Å². The van der Waals surface area contributed by atoms with Gasteiger partial charge < -0.3 is 15.0 Å². The number of amides is 2. The molecule has 0 spiro atoms. The molecule has 0 aliphatic rings. The van der Waals surface area contributed by atoms with Gasteiger partial charge in [-0.3, -0.25) is 13.9 Å². The van der Waals surface area contributed by atoms with Crippen molar-refractivity contribution in [2.75, 3.05) is 24.2 Å². The van der Waals surface area contributed by atoms with Crippen LogP contribution in [-0.2, 0) is 26.2 Å². The van der Waals surface area contributed by atoms with Crippen molar-refractivity contribution in [1.29, 1.82) is 0 Å². The van der Waals surface area contributed by atoms with E-state index in [1.165, 1.54) is 28.4 Å². The molecule has 0 fully saturated rings. The fourth-order valence-corrected chi connectivity index (χ4v) is 4.56. The summed E-state index contributed by atoms with van der Waals surface area (Å²) < 4.78 is 44.7. The van der Waals surface area contributed by atoms with Gasteiger partial charge in [-0.1, -0.05) is 25.1 Å². The van der Waals surface area contributed by atoms with Gasteiger partial charge in [0.15, 0.2) is 0 Å². The maximum absolute atomic E-state index is 13.4. The van der Waals surface area contributed by atoms with Crippen molar-refractivity contribution in [3.05, 3.63) is 59.9 Å². The highest BCUT2D eigenvalue weighted by Crippen LogP contribution is 2.24. The highest BCUT2D eigenvalue weighted by atomic mass is 32.2. The lowest BCUT2D eigenvalue weighted by Gasteiger charge is -2.30. The van der Waals surface area contributed by atoms with E-state index >= 15 is 0 Å². The Morgan fingerprint density at radius 1 is 1.11 bits per heavy atom. The molecule has 0 radical (unpaired) electrons. The van der Waals surface area contributed by atoms with Crippen LogP contribution in [0, 0.1) is 5.82 Å². The van der Waals surface area contributed by atoms with Crippen LogP contribution >= 0.6 is 0 Å². The zero-order valence-corrected chi connectivity index (χ0v) is 22.3. The minimum Gasteiger partial charge on any atom is -0.497 e. The number of anilines is 1. The Bertz CT molecular complexity index is 1120. The second-order valence-corrected chi connectivity index (χ2v) is 10.7. The number of benzene rings is 2. The van der Waals surface area contributed by atoms with Crippen molar-refractivity contribution in [3.8, 4) is 5.75 Å². The Hall–Kier alpha value is -3.14. The summed E-state index contributed by atoms with van der Waals surface area (Å²) in [7, 11) is -2.11. The molecule has 1 N–H and O–H groups in total. The number of sulfonamides is 1. The monoisotopic (exact) mass is 521 g/mol. The molecule has 2 aromatic rings. The Labute approximate surface area is 213 Å². The fourth-order valence-electron chi connectivity index (χ4n) is 3.60. The van der Waals surface area contributed by atoms with Crippen molar-refractivity contribution in [1.82, 2.24) is 10.2 Å². The zero-order chi connectivity index (χ0) is 26.9. The van der Waals surface area contributed by atoms with E-state index < -0.39 is 21.9 Å². The van der Waals surface area contributed by atoms with Gasteiger partial charge in [-0.05, 0) is 56.5 Å². The molecule has 0 aliphatic carbocycles. The molecule has 0 aliphatic heterocycles. The molecule has 2 aromatic carbocycles. The number of methoxy groups -OCH3 is 1. The van der Waals surface area contributed by atoms with Crippen LogP contribution in [0.4, 0.5) is 10.1 Å². The standard InChI is InChI=1S/C26H36FN3O5S/c1-6-19(2)28-26(32)20(3)29(18-21-12-14-22(27)15-13-21)25(31)11-8-16-30(36(5,33)34)23-9-7-10-24(17-23)35-4/h7,9-10,12-15,17,19-20H,6,8,11,16,18H2,1-5H3,(H,28,32). The molecule has 2 rings (SSSR count). The highest BCUT2D eigenvalue weighted by Gasteiger charge is 2.27. The second kappa shape index (κ2) is 13.2. The number of hydrogen-bond acceptors (Lipinski definition) is 5. The highest BCUT2D eigenvalue weighted by molar-refractivity contribution is 7.92. The number of nitrogens with one attached hydrogen (secondary N) is 1. The summed E-state index contributed by atoms with van der Waals surface area (Å²) in [5.41, 5.74) is 1.12. The van der Waals surface area contributed by atoms with E-state index in [0.29, 0.717) is 17.0 Å². The molecule has 0 saturated carbocycles. The van der Waals surface area contributed by atoms with Gasteiger partial charge >= 0.3 is 0 Å². The van der Waals surface area contributed by atoms with Gasteiger partial charge in [0.2, 0.25) is 21.8 Å². The first-order valence-corrected chi connectivity index (χ1v) is 13.8. The van der Waals surface area contributed by atoms with E-state index in [-0.39, 0.29) is 43.8 Å². The molecule has 2 amide bonds. The van der Waals surface area contributed by atoms with Crippen LogP contribution in [0.25, 0.3) is 0 Å². The molecule has 0 heterocycles. The van der Waals surface area contributed by atoms with Crippen molar-refractivity contribution in [3.63, 3.8) is 0 Å². The van der Waals surface area contributed by atoms with Crippen LogP contribution < -0.4 is 14.4 Å². The van der Waals surface area contributed by atoms with Crippen molar-refractivity contribution < 1.29 is 27.1 Å². The number of carbonyl (C=O) groups is 2. The largest absolute Gasteiger partial charge is 0.497 e. The quantitative estimate of drug-likeness (QED) is 0.434. The molecule has 198 valence electrons. The molecular weight excluding hydrogens is 485 g/mol. The third kappa shape index (κ3) is 8.51. The Morgan fingerprint density at radius 3 is 2.36 bits per heavy atom. The lowest BCUT2D eigenvalue weighted by molar-refractivity contribution is -0.140. The van der Waals surface area contributed by atoms with Crippen LogP contribution in [0.1, 0.15) is 45.6 Å². The van der Waals surface area contributed by atoms with Gasteiger partial charge in [0.05, 0.1) is 19.1 Å². The number of carbonyl (C=O) groups excluding carboxylic acids is 2. The first-order valence-electron chi connectivity index (χ1n) is 11.9. The molecule has 0 bridgehead atoms. The summed E-state index contributed by atoms with van der Waals surface area (Å²) in [6.07, 6.45) is 2.12. The van der Waals surface area contributed by atoms with E-state index in [1.54, 1.807) is 43.3 Å². The molecule has 0 aromatic heterocycles. The lowest BCUT2D eigenvalue weighted by atomic mass is 10.1. The third-order valence-corrected chi connectivity index (χ3v) is 7.12. The maximum atomic E-state index is 13.4. The fraction of sp³-hybridized carbons (Fsp3) is 0.462. The first-order chi connectivity index (χ1) is 17.0. The number of halogens is 1. The molecule has 0 saturated heterocycles. The number of rotatable bonds is 13. The molecule has 2 atom stereocenters. The van der Waals surface area contributed by atoms with Gasteiger partial charge in [-0.25, -0.2) is 12.8 Å². The summed E-state index contributed by atoms with van der Waals surface area (Å²) >= 11 is 0. The van der Waals surface area contributed by atoms with Crippen molar-refractivity contribution in [2.24, 2.45) is 0 Å². The molecule has 8 nitrogen and oxygen atoms in total. The molecule has 2 unspecified atom stereocenters. The predicted octanol–water partition coefficient (Wildman–Crippen LogP) is 3.71. The van der Waals surface area contributed by atoms with Gasteiger partial charge in [0.1, 0.15) is 17.6 Å². The maximum Gasteiger partial charge on any atom is 0.242 e. The summed E-state index contributed by atoms with van der Waals surface area (Å²) in [4.78, 5) is 27.5. The van der Waals surface area contributed by atoms with E-state index in [9.17, 15) is 22.4 Å². The zero-order valence-electron chi connectivity index (χ0n) is 21.5. The van der Waals surface area contributed by atoms with Crippen LogP contribution in [0.15, 0.2) is 48.5 Å². The summed E-state index contributed by atoms with van der Waals surface area (Å²) in [5, 5.41) is 2.89. The lowest BCUT2D eigenvalue weighted by Crippen LogP contribution is -2.49. The van der Waals surface area contributed by atoms with Crippen molar-refractivity contribution in [2.45, 2.75) is 58.7 Å². The third-order valence-electron chi connectivity index (χ3n) is 5.93. The minimum absolute atomic E-state index is 0.0259. The van der Waals surface area contributed by atoms with Crippen LogP contribution in [0.3, 0.4) is 0 Å². The average Bonchev–Trinajstić information content (AvgIpc) is 2.84. The summed E-state index contributed by atoms with van der Waals surface area (Å²) in [5.74, 6) is -0.458. The minimum atomic E-state index is -3.61. The van der Waals surface area contributed by atoms with E-state index in [1.807, 2.05) is 13.8 Å². The summed E-state index contributed by atoms with van der Waals surface area (Å²) in [6.45, 7) is 5.69.